The molecule has 1 aliphatic rings. The normalized spacial score (nSPS) is 16.9. The number of hydrogen-bond donors (Lipinski definition) is 4. The van der Waals surface area contributed by atoms with Gasteiger partial charge in [0.1, 0.15) is 11.2 Å². The SMILES string of the molecule is CC(C)C(C)(C)OC(=O)[C@@H](CO)NC(=O)CC1(CC(=O)N[C@H](CO)C(=O)OC(C)(C)C(C)C)CC1. The molecule has 0 spiro atoms. The summed E-state index contributed by atoms with van der Waals surface area (Å²) in [7, 11) is 0. The predicted molar refractivity (Wildman–Crippen MR) is 129 cm³/mol. The maximum absolute atomic E-state index is 12.6. The highest BCUT2D eigenvalue weighted by molar-refractivity contribution is 5.87. The summed E-state index contributed by atoms with van der Waals surface area (Å²) in [4.78, 5) is 50.0. The van der Waals surface area contributed by atoms with E-state index in [0.717, 1.165) is 0 Å². The topological polar surface area (TPSA) is 151 Å². The summed E-state index contributed by atoms with van der Waals surface area (Å²) < 4.78 is 10.9. The van der Waals surface area contributed by atoms with Gasteiger partial charge in [-0.25, -0.2) is 9.59 Å². The number of hydrogen-bond acceptors (Lipinski definition) is 8. The van der Waals surface area contributed by atoms with Crippen molar-refractivity contribution in [2.75, 3.05) is 13.2 Å². The van der Waals surface area contributed by atoms with Crippen LogP contribution in [-0.4, -0.2) is 70.5 Å². The Morgan fingerprint density at radius 1 is 0.743 bits per heavy atom. The number of carbonyl (C=O) groups is 4. The van der Waals surface area contributed by atoms with Crippen molar-refractivity contribution in [3.8, 4) is 0 Å². The van der Waals surface area contributed by atoms with Crippen LogP contribution in [0.1, 0.15) is 81.1 Å². The van der Waals surface area contributed by atoms with E-state index in [9.17, 15) is 29.4 Å². The fraction of sp³-hybridized carbons (Fsp3) is 0.840. The summed E-state index contributed by atoms with van der Waals surface area (Å²) >= 11 is 0. The lowest BCUT2D eigenvalue weighted by atomic mass is 9.94. The van der Waals surface area contributed by atoms with E-state index in [1.165, 1.54) is 0 Å². The van der Waals surface area contributed by atoms with Crippen LogP contribution in [0.25, 0.3) is 0 Å². The molecule has 0 aromatic heterocycles. The third-order valence-corrected chi connectivity index (χ3v) is 7.14. The molecule has 0 aliphatic heterocycles. The molecule has 1 aliphatic carbocycles. The van der Waals surface area contributed by atoms with E-state index in [1.807, 2.05) is 27.7 Å². The van der Waals surface area contributed by atoms with Crippen molar-refractivity contribution in [3.63, 3.8) is 0 Å². The van der Waals surface area contributed by atoms with Gasteiger partial charge in [0, 0.05) is 12.8 Å². The highest BCUT2D eigenvalue weighted by atomic mass is 16.6. The molecule has 0 aromatic rings. The maximum atomic E-state index is 12.6. The van der Waals surface area contributed by atoms with Gasteiger partial charge < -0.3 is 30.3 Å². The minimum atomic E-state index is -1.21. The first-order valence-corrected chi connectivity index (χ1v) is 12.2. The van der Waals surface area contributed by atoms with Gasteiger partial charge in [0.25, 0.3) is 0 Å². The molecule has 0 saturated heterocycles. The lowest BCUT2D eigenvalue weighted by molar-refractivity contribution is -0.165. The van der Waals surface area contributed by atoms with Gasteiger partial charge in [0.15, 0.2) is 12.1 Å². The molecule has 1 fully saturated rings. The number of aliphatic hydroxyl groups is 2. The lowest BCUT2D eigenvalue weighted by Gasteiger charge is -2.31. The molecule has 2 atom stereocenters. The minimum Gasteiger partial charge on any atom is -0.458 e. The molecule has 10 nitrogen and oxygen atoms in total. The van der Waals surface area contributed by atoms with Gasteiger partial charge in [0.05, 0.1) is 13.2 Å². The van der Waals surface area contributed by atoms with Crippen LogP contribution < -0.4 is 10.6 Å². The predicted octanol–water partition coefficient (Wildman–Crippen LogP) is 1.46. The fourth-order valence-electron chi connectivity index (χ4n) is 3.02. The van der Waals surface area contributed by atoms with Gasteiger partial charge in [-0.2, -0.15) is 0 Å². The zero-order chi connectivity index (χ0) is 27.2. The molecule has 2 amide bonds. The minimum absolute atomic E-state index is 0.0214. The average molecular weight is 501 g/mol. The molecule has 1 saturated carbocycles. The van der Waals surface area contributed by atoms with E-state index >= 15 is 0 Å². The number of amides is 2. The second kappa shape index (κ2) is 12.2. The Kier molecular flexibility index (Phi) is 10.7. The third-order valence-electron chi connectivity index (χ3n) is 7.14. The summed E-state index contributed by atoms with van der Waals surface area (Å²) in [6.07, 6.45) is 1.20. The summed E-state index contributed by atoms with van der Waals surface area (Å²) in [5.74, 6) is -2.35. The molecular formula is C25H44N2O8. The Morgan fingerprint density at radius 3 is 1.29 bits per heavy atom. The average Bonchev–Trinajstić information content (AvgIpc) is 3.47. The lowest BCUT2D eigenvalue weighted by Crippen LogP contribution is -2.49. The van der Waals surface area contributed by atoms with Crippen molar-refractivity contribution in [1.29, 1.82) is 0 Å². The quantitative estimate of drug-likeness (QED) is 0.262. The summed E-state index contributed by atoms with van der Waals surface area (Å²) in [6, 6.07) is -2.41. The van der Waals surface area contributed by atoms with Crippen LogP contribution in [0.5, 0.6) is 0 Å². The van der Waals surface area contributed by atoms with Gasteiger partial charge in [-0.15, -0.1) is 0 Å². The zero-order valence-electron chi connectivity index (χ0n) is 22.4. The summed E-state index contributed by atoms with van der Waals surface area (Å²) in [5, 5.41) is 24.2. The van der Waals surface area contributed by atoms with Crippen LogP contribution in [0.2, 0.25) is 0 Å². The largest absolute Gasteiger partial charge is 0.458 e. The molecule has 202 valence electrons. The van der Waals surface area contributed by atoms with Crippen molar-refractivity contribution < 1.29 is 38.9 Å². The third kappa shape index (κ3) is 9.40. The highest BCUT2D eigenvalue weighted by Gasteiger charge is 2.47. The van der Waals surface area contributed by atoms with E-state index in [4.69, 9.17) is 9.47 Å². The van der Waals surface area contributed by atoms with Crippen molar-refractivity contribution in [2.24, 2.45) is 17.3 Å². The van der Waals surface area contributed by atoms with E-state index in [0.29, 0.717) is 12.8 Å². The van der Waals surface area contributed by atoms with Crippen molar-refractivity contribution in [2.45, 2.75) is 104 Å². The van der Waals surface area contributed by atoms with E-state index in [2.05, 4.69) is 10.6 Å². The van der Waals surface area contributed by atoms with Crippen LogP contribution >= 0.6 is 0 Å². The van der Waals surface area contributed by atoms with Crippen LogP contribution in [0.3, 0.4) is 0 Å². The highest BCUT2D eigenvalue weighted by Crippen LogP contribution is 2.51. The first-order valence-electron chi connectivity index (χ1n) is 12.2. The van der Waals surface area contributed by atoms with Crippen molar-refractivity contribution >= 4 is 23.8 Å². The molecule has 4 N–H and O–H groups in total. The van der Waals surface area contributed by atoms with Crippen LogP contribution in [0, 0.1) is 17.3 Å². The number of ether oxygens (including phenoxy) is 2. The zero-order valence-corrected chi connectivity index (χ0v) is 22.4. The first kappa shape index (κ1) is 30.8. The van der Waals surface area contributed by atoms with Gasteiger partial charge in [-0.3, -0.25) is 9.59 Å². The van der Waals surface area contributed by atoms with E-state index in [1.54, 1.807) is 27.7 Å². The second-order valence-corrected chi connectivity index (χ2v) is 11.3. The monoisotopic (exact) mass is 500 g/mol. The number of aliphatic hydroxyl groups excluding tert-OH is 2. The molecule has 1 rings (SSSR count). The molecule has 35 heavy (non-hydrogen) atoms. The van der Waals surface area contributed by atoms with Gasteiger partial charge in [-0.1, -0.05) is 27.7 Å². The molecule has 0 unspecified atom stereocenters. The number of nitrogens with one attached hydrogen (secondary N) is 2. The molecule has 0 heterocycles. The number of rotatable bonds is 14. The Balaban J connectivity index is 2.66. The molecule has 0 aromatic carbocycles. The standard InChI is InChI=1S/C25H44N2O8/c1-15(2)23(5,6)34-21(32)17(13-28)26-19(30)11-25(9-10-25)12-20(31)27-18(14-29)22(33)35-24(7,8)16(3)4/h15-18,28-29H,9-14H2,1-8H3,(H,26,30)(H,27,31)/t17-,18-/m1/s1. The Morgan fingerprint density at radius 2 is 1.06 bits per heavy atom. The van der Waals surface area contributed by atoms with E-state index < -0.39 is 65.7 Å². The van der Waals surface area contributed by atoms with Gasteiger partial charge in [0.2, 0.25) is 11.8 Å². The van der Waals surface area contributed by atoms with Crippen LogP contribution in [-0.2, 0) is 28.7 Å². The number of esters is 2. The molecule has 10 heteroatoms. The van der Waals surface area contributed by atoms with Crippen LogP contribution in [0.15, 0.2) is 0 Å². The maximum Gasteiger partial charge on any atom is 0.331 e. The van der Waals surface area contributed by atoms with Crippen molar-refractivity contribution in [1.82, 2.24) is 10.6 Å². The van der Waals surface area contributed by atoms with Gasteiger partial charge in [-0.05, 0) is 57.8 Å². The van der Waals surface area contributed by atoms with Gasteiger partial charge >= 0.3 is 11.9 Å². The smallest absolute Gasteiger partial charge is 0.331 e. The molecule has 0 bridgehead atoms. The number of carbonyl (C=O) groups excluding carboxylic acids is 4. The van der Waals surface area contributed by atoms with Crippen molar-refractivity contribution in [3.05, 3.63) is 0 Å². The summed E-state index contributed by atoms with van der Waals surface area (Å²) in [5.41, 5.74) is -2.13. The Hall–Kier alpha value is -2.20. The van der Waals surface area contributed by atoms with E-state index in [-0.39, 0.29) is 24.7 Å². The first-order chi connectivity index (χ1) is 16.0. The molecule has 0 radical (unpaired) electrons. The second-order valence-electron chi connectivity index (χ2n) is 11.3. The Labute approximate surface area is 208 Å². The fourth-order valence-corrected chi connectivity index (χ4v) is 3.02. The van der Waals surface area contributed by atoms with Crippen LogP contribution in [0.4, 0.5) is 0 Å². The summed E-state index contributed by atoms with van der Waals surface area (Å²) in [6.45, 7) is 13.4. The Bertz CT molecular complexity index is 711. The molecular weight excluding hydrogens is 456 g/mol.